The summed E-state index contributed by atoms with van der Waals surface area (Å²) in [4.78, 5) is 25.2. The van der Waals surface area contributed by atoms with E-state index in [0.717, 1.165) is 35.9 Å². The Morgan fingerprint density at radius 3 is 2.25 bits per heavy atom. The van der Waals surface area contributed by atoms with Crippen molar-refractivity contribution < 1.29 is 4.79 Å². The number of aryl methyl sites for hydroxylation is 1. The van der Waals surface area contributed by atoms with Gasteiger partial charge in [0.1, 0.15) is 0 Å². The number of benzene rings is 2. The smallest absolute Gasteiger partial charge is 0.325 e. The van der Waals surface area contributed by atoms with Crippen LogP contribution in [0, 0.1) is 0 Å². The highest BCUT2D eigenvalue weighted by Crippen LogP contribution is 2.42. The molecule has 1 aromatic heterocycles. The molecule has 1 aliphatic rings. The van der Waals surface area contributed by atoms with Crippen molar-refractivity contribution in [2.24, 2.45) is 7.05 Å². The van der Waals surface area contributed by atoms with Gasteiger partial charge in [0.2, 0.25) is 5.91 Å². The molecule has 0 radical (unpaired) electrons. The summed E-state index contributed by atoms with van der Waals surface area (Å²) in [5.41, 5.74) is 1.39. The Hall–Kier alpha value is -2.93. The van der Waals surface area contributed by atoms with Crippen molar-refractivity contribution in [1.29, 1.82) is 0 Å². The number of hydrogen-bond donors (Lipinski definition) is 1. The minimum absolute atomic E-state index is 0.0169. The van der Waals surface area contributed by atoms with Crippen LogP contribution >= 0.6 is 11.6 Å². The summed E-state index contributed by atoms with van der Waals surface area (Å²) >= 11 is 6.02. The molecule has 0 atom stereocenters. The van der Waals surface area contributed by atoms with Crippen LogP contribution in [0.4, 0.5) is 5.69 Å². The van der Waals surface area contributed by atoms with Crippen LogP contribution < -0.4 is 11.0 Å². The van der Waals surface area contributed by atoms with Crippen LogP contribution in [0.1, 0.15) is 31.2 Å². The first-order chi connectivity index (χ1) is 13.5. The van der Waals surface area contributed by atoms with Crippen molar-refractivity contribution in [2.45, 2.75) is 31.1 Å². The van der Waals surface area contributed by atoms with Gasteiger partial charge in [0, 0.05) is 17.8 Å². The van der Waals surface area contributed by atoms with Crippen LogP contribution in [0.3, 0.4) is 0 Å². The van der Waals surface area contributed by atoms with Gasteiger partial charge in [0.15, 0.2) is 0 Å². The molecule has 1 N–H and O–H groups in total. The number of nitrogens with one attached hydrogen (secondary N) is 1. The lowest BCUT2D eigenvalue weighted by molar-refractivity contribution is -0.121. The standard InChI is InChI=1S/C20H20ClN5O2/c1-25-19(28)26(24-23-25)17-10-8-16(9-11-17)22-18(27)20(12-2-3-13-20)14-4-6-15(21)7-5-14/h4-11H,2-3,12-13H2,1H3,(H,22,27). The third-order valence-corrected chi connectivity index (χ3v) is 5.63. The number of amides is 1. The highest BCUT2D eigenvalue weighted by atomic mass is 35.5. The molecule has 0 aliphatic heterocycles. The van der Waals surface area contributed by atoms with Gasteiger partial charge in [0.05, 0.1) is 11.1 Å². The maximum atomic E-state index is 13.2. The van der Waals surface area contributed by atoms with Crippen molar-refractivity contribution >= 4 is 23.2 Å². The van der Waals surface area contributed by atoms with Gasteiger partial charge in [-0.25, -0.2) is 4.79 Å². The molecule has 1 heterocycles. The Labute approximate surface area is 166 Å². The van der Waals surface area contributed by atoms with E-state index in [4.69, 9.17) is 11.6 Å². The van der Waals surface area contributed by atoms with Crippen LogP contribution in [-0.2, 0) is 17.3 Å². The second-order valence-electron chi connectivity index (χ2n) is 7.09. The fraction of sp³-hybridized carbons (Fsp3) is 0.300. The highest BCUT2D eigenvalue weighted by molar-refractivity contribution is 6.30. The fourth-order valence-electron chi connectivity index (χ4n) is 3.81. The molecular weight excluding hydrogens is 378 g/mol. The number of carbonyl (C=O) groups excluding carboxylic acids is 1. The molecule has 28 heavy (non-hydrogen) atoms. The monoisotopic (exact) mass is 397 g/mol. The lowest BCUT2D eigenvalue weighted by Crippen LogP contribution is -2.38. The normalized spacial score (nSPS) is 15.5. The minimum atomic E-state index is -0.537. The Morgan fingerprint density at radius 2 is 1.68 bits per heavy atom. The van der Waals surface area contributed by atoms with Crippen LogP contribution in [0.15, 0.2) is 53.3 Å². The van der Waals surface area contributed by atoms with Crippen LogP contribution in [0.2, 0.25) is 5.02 Å². The first-order valence-electron chi connectivity index (χ1n) is 9.17. The maximum absolute atomic E-state index is 13.2. The molecule has 8 heteroatoms. The van der Waals surface area contributed by atoms with Gasteiger partial charge in [-0.2, -0.15) is 9.36 Å². The summed E-state index contributed by atoms with van der Waals surface area (Å²) in [7, 11) is 1.54. The van der Waals surface area contributed by atoms with Crippen molar-refractivity contribution in [2.75, 3.05) is 5.32 Å². The Morgan fingerprint density at radius 1 is 1.04 bits per heavy atom. The molecule has 144 valence electrons. The number of anilines is 1. The van der Waals surface area contributed by atoms with E-state index in [1.807, 2.05) is 24.3 Å². The largest absolute Gasteiger partial charge is 0.368 e. The molecule has 0 spiro atoms. The summed E-state index contributed by atoms with van der Waals surface area (Å²) in [6.07, 6.45) is 3.66. The molecule has 0 bridgehead atoms. The number of carbonyl (C=O) groups is 1. The van der Waals surface area contributed by atoms with Gasteiger partial charge >= 0.3 is 5.69 Å². The highest BCUT2D eigenvalue weighted by Gasteiger charge is 2.42. The predicted octanol–water partition coefficient (Wildman–Crippen LogP) is 3.07. The van der Waals surface area contributed by atoms with Gasteiger partial charge in [-0.3, -0.25) is 4.79 Å². The molecule has 1 saturated carbocycles. The Kier molecular flexibility index (Phi) is 4.77. The summed E-state index contributed by atoms with van der Waals surface area (Å²) in [5.74, 6) is -0.0169. The van der Waals surface area contributed by atoms with Crippen molar-refractivity contribution in [3.8, 4) is 5.69 Å². The molecule has 4 rings (SSSR count). The van der Waals surface area contributed by atoms with Gasteiger partial charge in [-0.05, 0) is 65.2 Å². The zero-order chi connectivity index (χ0) is 19.7. The summed E-state index contributed by atoms with van der Waals surface area (Å²) in [6, 6.07) is 14.5. The fourth-order valence-corrected chi connectivity index (χ4v) is 3.93. The molecule has 1 fully saturated rings. The predicted molar refractivity (Wildman–Crippen MR) is 107 cm³/mol. The van der Waals surface area contributed by atoms with Gasteiger partial charge in [0.25, 0.3) is 0 Å². The van der Waals surface area contributed by atoms with E-state index in [-0.39, 0.29) is 11.6 Å². The van der Waals surface area contributed by atoms with Crippen LogP contribution in [0.5, 0.6) is 0 Å². The van der Waals surface area contributed by atoms with E-state index >= 15 is 0 Å². The third kappa shape index (κ3) is 3.22. The lowest BCUT2D eigenvalue weighted by Gasteiger charge is -2.28. The SMILES string of the molecule is Cn1nnn(-c2ccc(NC(=O)C3(c4ccc(Cl)cc4)CCCC3)cc2)c1=O. The first-order valence-corrected chi connectivity index (χ1v) is 9.54. The molecule has 1 aliphatic carbocycles. The van der Waals surface area contributed by atoms with Crippen molar-refractivity contribution in [1.82, 2.24) is 19.8 Å². The Bertz CT molecular complexity index is 1050. The van der Waals surface area contributed by atoms with E-state index in [1.54, 1.807) is 24.3 Å². The molecule has 3 aromatic rings. The topological polar surface area (TPSA) is 81.8 Å². The Balaban J connectivity index is 1.57. The van der Waals surface area contributed by atoms with E-state index < -0.39 is 5.41 Å². The lowest BCUT2D eigenvalue weighted by atomic mass is 9.78. The molecule has 2 aromatic carbocycles. The summed E-state index contributed by atoms with van der Waals surface area (Å²) in [5, 5.41) is 11.2. The van der Waals surface area contributed by atoms with Gasteiger partial charge in [-0.15, -0.1) is 0 Å². The number of aromatic nitrogens is 4. The van der Waals surface area contributed by atoms with Crippen molar-refractivity contribution in [3.63, 3.8) is 0 Å². The average Bonchev–Trinajstić information content (AvgIpc) is 3.32. The molecular formula is C20H20ClN5O2. The molecule has 7 nitrogen and oxygen atoms in total. The summed E-state index contributed by atoms with van der Waals surface area (Å²) < 4.78 is 2.36. The maximum Gasteiger partial charge on any atom is 0.368 e. The second kappa shape index (κ2) is 7.24. The van der Waals surface area contributed by atoms with Gasteiger partial charge in [-0.1, -0.05) is 36.6 Å². The number of halogens is 1. The number of rotatable bonds is 4. The van der Waals surface area contributed by atoms with E-state index in [9.17, 15) is 9.59 Å². The summed E-state index contributed by atoms with van der Waals surface area (Å²) in [6.45, 7) is 0. The van der Waals surface area contributed by atoms with E-state index in [1.165, 1.54) is 11.7 Å². The minimum Gasteiger partial charge on any atom is -0.325 e. The first kappa shape index (κ1) is 18.4. The van der Waals surface area contributed by atoms with E-state index in [0.29, 0.717) is 16.4 Å². The molecule has 0 unspecified atom stereocenters. The van der Waals surface area contributed by atoms with E-state index in [2.05, 4.69) is 15.7 Å². The molecule has 0 saturated heterocycles. The number of nitrogens with zero attached hydrogens (tertiary/aromatic N) is 4. The zero-order valence-corrected chi connectivity index (χ0v) is 16.2. The third-order valence-electron chi connectivity index (χ3n) is 5.38. The van der Waals surface area contributed by atoms with Crippen LogP contribution in [-0.4, -0.2) is 25.7 Å². The zero-order valence-electron chi connectivity index (χ0n) is 15.4. The number of tetrazole rings is 1. The molecule has 1 amide bonds. The second-order valence-corrected chi connectivity index (χ2v) is 7.53. The van der Waals surface area contributed by atoms with Crippen LogP contribution in [0.25, 0.3) is 5.69 Å². The van der Waals surface area contributed by atoms with Gasteiger partial charge < -0.3 is 5.32 Å². The quantitative estimate of drug-likeness (QED) is 0.733. The van der Waals surface area contributed by atoms with Crippen molar-refractivity contribution in [3.05, 3.63) is 69.6 Å². The average molecular weight is 398 g/mol. The number of hydrogen-bond acceptors (Lipinski definition) is 4.